The Morgan fingerprint density at radius 1 is 0.905 bits per heavy atom. The van der Waals surface area contributed by atoms with Gasteiger partial charge in [-0.05, 0) is 35.4 Å². The summed E-state index contributed by atoms with van der Waals surface area (Å²) in [6, 6.07) is 15.7. The van der Waals surface area contributed by atoms with Crippen molar-refractivity contribution in [2.75, 3.05) is 0 Å². The third-order valence-corrected chi connectivity index (χ3v) is 4.44. The highest BCUT2D eigenvalue weighted by Gasteiger charge is 2.23. The molecule has 0 aromatic heterocycles. The van der Waals surface area contributed by atoms with Crippen LogP contribution in [-0.4, -0.2) is 11.1 Å². The van der Waals surface area contributed by atoms with Crippen LogP contribution in [0.1, 0.15) is 53.9 Å². The largest absolute Gasteiger partial charge is 0.478 e. The Hall–Kier alpha value is -2.09. The van der Waals surface area contributed by atoms with Crippen LogP contribution in [0, 0.1) is 0 Å². The van der Waals surface area contributed by atoms with E-state index in [1.54, 1.807) is 0 Å². The van der Waals surface area contributed by atoms with Crippen LogP contribution in [0.5, 0.6) is 0 Å². The van der Waals surface area contributed by atoms with Gasteiger partial charge >= 0.3 is 5.97 Å². The van der Waals surface area contributed by atoms with Crippen molar-refractivity contribution in [3.63, 3.8) is 0 Å². The lowest BCUT2D eigenvalue weighted by Gasteiger charge is -2.24. The van der Waals surface area contributed by atoms with Crippen molar-refractivity contribution < 1.29 is 9.90 Å². The van der Waals surface area contributed by atoms with Crippen LogP contribution in [0.3, 0.4) is 0 Å². The summed E-state index contributed by atoms with van der Waals surface area (Å²) in [6.07, 6.45) is 5.91. The van der Waals surface area contributed by atoms with E-state index < -0.39 is 5.97 Å². The highest BCUT2D eigenvalue weighted by Crippen LogP contribution is 2.37. The van der Waals surface area contributed by atoms with Crippen molar-refractivity contribution in [1.29, 1.82) is 0 Å². The fourth-order valence-corrected chi connectivity index (χ4v) is 3.42. The summed E-state index contributed by atoms with van der Waals surface area (Å²) in [5, 5.41) is 9.74. The average Bonchev–Trinajstić information content (AvgIpc) is 2.55. The highest BCUT2D eigenvalue weighted by atomic mass is 16.4. The molecule has 0 aliphatic heterocycles. The third kappa shape index (κ3) is 2.85. The van der Waals surface area contributed by atoms with E-state index in [2.05, 4.69) is 0 Å². The molecule has 21 heavy (non-hydrogen) atoms. The van der Waals surface area contributed by atoms with E-state index in [0.717, 1.165) is 29.5 Å². The number of carboxylic acid groups (broad SMARTS) is 1. The Morgan fingerprint density at radius 2 is 1.62 bits per heavy atom. The van der Waals surface area contributed by atoms with E-state index >= 15 is 0 Å². The second-order valence-corrected chi connectivity index (χ2v) is 5.78. The van der Waals surface area contributed by atoms with Gasteiger partial charge in [-0.3, -0.25) is 0 Å². The molecule has 0 heterocycles. The van der Waals surface area contributed by atoms with Crippen molar-refractivity contribution in [2.45, 2.75) is 38.0 Å². The fraction of sp³-hybridized carbons (Fsp3) is 0.316. The van der Waals surface area contributed by atoms with Crippen LogP contribution in [0.25, 0.3) is 11.1 Å². The molecular formula is C19H20O2. The van der Waals surface area contributed by atoms with Crippen LogP contribution in [0.15, 0.2) is 48.5 Å². The molecule has 1 aliphatic rings. The molecule has 2 aromatic rings. The quantitative estimate of drug-likeness (QED) is 0.849. The summed E-state index contributed by atoms with van der Waals surface area (Å²) in [5.41, 5.74) is 3.33. The SMILES string of the molecule is O=C(O)c1c(-c2ccccc2)cccc1C1CCCCC1. The van der Waals surface area contributed by atoms with Crippen molar-refractivity contribution in [3.05, 3.63) is 59.7 Å². The first-order valence-electron chi connectivity index (χ1n) is 7.69. The van der Waals surface area contributed by atoms with Crippen LogP contribution in [-0.2, 0) is 0 Å². The monoisotopic (exact) mass is 280 g/mol. The number of benzene rings is 2. The van der Waals surface area contributed by atoms with E-state index in [0.29, 0.717) is 11.5 Å². The van der Waals surface area contributed by atoms with Gasteiger partial charge in [0.1, 0.15) is 0 Å². The zero-order chi connectivity index (χ0) is 14.7. The highest BCUT2D eigenvalue weighted by molar-refractivity contribution is 5.97. The summed E-state index contributed by atoms with van der Waals surface area (Å²) >= 11 is 0. The third-order valence-electron chi connectivity index (χ3n) is 4.44. The number of hydrogen-bond donors (Lipinski definition) is 1. The Balaban J connectivity index is 2.11. The van der Waals surface area contributed by atoms with Gasteiger partial charge in [0.05, 0.1) is 5.56 Å². The van der Waals surface area contributed by atoms with Gasteiger partial charge in [-0.15, -0.1) is 0 Å². The lowest BCUT2D eigenvalue weighted by atomic mass is 9.80. The summed E-state index contributed by atoms with van der Waals surface area (Å²) in [4.78, 5) is 11.9. The van der Waals surface area contributed by atoms with E-state index in [1.165, 1.54) is 19.3 Å². The van der Waals surface area contributed by atoms with Crippen LogP contribution < -0.4 is 0 Å². The molecule has 0 radical (unpaired) electrons. The Bertz CT molecular complexity index is 625. The topological polar surface area (TPSA) is 37.3 Å². The normalized spacial score (nSPS) is 15.8. The average molecular weight is 280 g/mol. The smallest absolute Gasteiger partial charge is 0.336 e. The maximum absolute atomic E-state index is 11.9. The van der Waals surface area contributed by atoms with Gasteiger partial charge in [-0.2, -0.15) is 0 Å². The summed E-state index contributed by atoms with van der Waals surface area (Å²) in [7, 11) is 0. The van der Waals surface area contributed by atoms with Gasteiger partial charge in [-0.1, -0.05) is 67.8 Å². The molecule has 0 atom stereocenters. The summed E-state index contributed by atoms with van der Waals surface area (Å²) < 4.78 is 0. The number of aromatic carboxylic acids is 1. The van der Waals surface area contributed by atoms with E-state index in [4.69, 9.17) is 0 Å². The first kappa shape index (κ1) is 13.9. The van der Waals surface area contributed by atoms with Crippen molar-refractivity contribution in [3.8, 4) is 11.1 Å². The first-order valence-corrected chi connectivity index (χ1v) is 7.69. The molecule has 3 rings (SSSR count). The van der Waals surface area contributed by atoms with Crippen LogP contribution >= 0.6 is 0 Å². The molecule has 0 bridgehead atoms. The molecule has 1 saturated carbocycles. The Labute approximate surface area is 125 Å². The Morgan fingerprint density at radius 3 is 2.29 bits per heavy atom. The molecule has 2 aromatic carbocycles. The van der Waals surface area contributed by atoms with Crippen LogP contribution in [0.4, 0.5) is 0 Å². The zero-order valence-corrected chi connectivity index (χ0v) is 12.1. The minimum atomic E-state index is -0.810. The molecule has 1 fully saturated rings. The molecule has 0 amide bonds. The number of hydrogen-bond acceptors (Lipinski definition) is 1. The van der Waals surface area contributed by atoms with Crippen molar-refractivity contribution in [1.82, 2.24) is 0 Å². The Kier molecular flexibility index (Phi) is 4.05. The lowest BCUT2D eigenvalue weighted by molar-refractivity contribution is 0.0695. The van der Waals surface area contributed by atoms with Crippen molar-refractivity contribution in [2.24, 2.45) is 0 Å². The summed E-state index contributed by atoms with van der Waals surface area (Å²) in [6.45, 7) is 0. The standard InChI is InChI=1S/C19H20O2/c20-19(21)18-16(14-8-3-1-4-9-14)12-7-13-17(18)15-10-5-2-6-11-15/h1,3-4,7-9,12-13,15H,2,5-6,10-11H2,(H,20,21). The van der Waals surface area contributed by atoms with E-state index in [-0.39, 0.29) is 0 Å². The number of rotatable bonds is 3. The second kappa shape index (κ2) is 6.13. The molecule has 0 saturated heterocycles. The lowest BCUT2D eigenvalue weighted by Crippen LogP contribution is -2.12. The van der Waals surface area contributed by atoms with E-state index in [1.807, 2.05) is 48.5 Å². The van der Waals surface area contributed by atoms with Gasteiger partial charge in [0.2, 0.25) is 0 Å². The predicted octanol–water partition coefficient (Wildman–Crippen LogP) is 5.10. The van der Waals surface area contributed by atoms with Gasteiger partial charge in [-0.25, -0.2) is 4.79 Å². The molecule has 0 unspecified atom stereocenters. The fourth-order valence-electron chi connectivity index (χ4n) is 3.42. The van der Waals surface area contributed by atoms with E-state index in [9.17, 15) is 9.90 Å². The second-order valence-electron chi connectivity index (χ2n) is 5.78. The molecule has 2 nitrogen and oxygen atoms in total. The minimum absolute atomic E-state index is 0.397. The molecule has 2 heteroatoms. The maximum atomic E-state index is 11.9. The summed E-state index contributed by atoms with van der Waals surface area (Å²) in [5.74, 6) is -0.413. The number of carboxylic acids is 1. The number of carbonyl (C=O) groups is 1. The van der Waals surface area contributed by atoms with Gasteiger partial charge in [0.15, 0.2) is 0 Å². The minimum Gasteiger partial charge on any atom is -0.478 e. The molecule has 1 aliphatic carbocycles. The first-order chi connectivity index (χ1) is 10.3. The zero-order valence-electron chi connectivity index (χ0n) is 12.1. The van der Waals surface area contributed by atoms with Gasteiger partial charge in [0.25, 0.3) is 0 Å². The van der Waals surface area contributed by atoms with Gasteiger partial charge < -0.3 is 5.11 Å². The van der Waals surface area contributed by atoms with Crippen molar-refractivity contribution >= 4 is 5.97 Å². The van der Waals surface area contributed by atoms with Crippen LogP contribution in [0.2, 0.25) is 0 Å². The van der Waals surface area contributed by atoms with Gasteiger partial charge in [0, 0.05) is 0 Å². The maximum Gasteiger partial charge on any atom is 0.336 e. The molecule has 1 N–H and O–H groups in total. The predicted molar refractivity (Wildman–Crippen MR) is 84.7 cm³/mol. The molecule has 0 spiro atoms. The molecule has 108 valence electrons. The molecular weight excluding hydrogens is 260 g/mol.